The van der Waals surface area contributed by atoms with Crippen molar-refractivity contribution in [3.8, 4) is 5.69 Å². The lowest BCUT2D eigenvalue weighted by Crippen LogP contribution is -2.54. The first-order valence-corrected chi connectivity index (χ1v) is 11.2. The molecular formula is C26H29FN4O4. The van der Waals surface area contributed by atoms with Crippen LogP contribution >= 0.6 is 0 Å². The lowest BCUT2D eigenvalue weighted by atomic mass is 9.93. The van der Waals surface area contributed by atoms with Crippen molar-refractivity contribution < 1.29 is 23.9 Å². The molecule has 0 spiro atoms. The van der Waals surface area contributed by atoms with Crippen molar-refractivity contribution in [1.82, 2.24) is 20.4 Å². The number of rotatable bonds is 10. The molecule has 0 aliphatic heterocycles. The third-order valence-corrected chi connectivity index (χ3v) is 5.55. The molecule has 2 aromatic carbocycles. The standard InChI is InChI=1S/C26H29FN4O4/c1-17(25(34)35)15-22(24(33)30-26(2,3)16-18-5-9-20(27)10-6-18)29-23(32)19-7-11-21(12-8-19)31-14-4-13-28-31/h4-14,17,22H,15-16H2,1-3H3,(H,29,32)(H,30,33)(H,34,35)/t17?,22-/m0/s1. The molecule has 0 saturated heterocycles. The van der Waals surface area contributed by atoms with E-state index in [4.69, 9.17) is 0 Å². The van der Waals surface area contributed by atoms with Crippen LogP contribution in [0.1, 0.15) is 43.1 Å². The van der Waals surface area contributed by atoms with Crippen LogP contribution in [0.15, 0.2) is 67.0 Å². The van der Waals surface area contributed by atoms with Gasteiger partial charge in [-0.2, -0.15) is 5.10 Å². The minimum absolute atomic E-state index is 0.0785. The predicted octanol–water partition coefficient (Wildman–Crippen LogP) is 3.36. The zero-order chi connectivity index (χ0) is 25.6. The molecule has 184 valence electrons. The molecule has 3 aromatic rings. The summed E-state index contributed by atoms with van der Waals surface area (Å²) in [5, 5.41) is 19.1. The average Bonchev–Trinajstić information content (AvgIpc) is 3.34. The molecule has 1 heterocycles. The van der Waals surface area contributed by atoms with E-state index < -0.39 is 35.3 Å². The monoisotopic (exact) mass is 480 g/mol. The second-order valence-electron chi connectivity index (χ2n) is 9.17. The number of benzene rings is 2. The second kappa shape index (κ2) is 10.9. The largest absolute Gasteiger partial charge is 0.481 e. The smallest absolute Gasteiger partial charge is 0.306 e. The number of carboxylic acid groups (broad SMARTS) is 1. The van der Waals surface area contributed by atoms with Crippen molar-refractivity contribution >= 4 is 17.8 Å². The maximum Gasteiger partial charge on any atom is 0.306 e. The molecule has 0 fully saturated rings. The van der Waals surface area contributed by atoms with E-state index in [0.717, 1.165) is 11.3 Å². The molecule has 2 atom stereocenters. The maximum absolute atomic E-state index is 13.2. The minimum atomic E-state index is -1.06. The highest BCUT2D eigenvalue weighted by atomic mass is 19.1. The Morgan fingerprint density at radius 3 is 2.31 bits per heavy atom. The van der Waals surface area contributed by atoms with Crippen molar-refractivity contribution in [2.75, 3.05) is 0 Å². The molecule has 3 rings (SSSR count). The third kappa shape index (κ3) is 7.23. The lowest BCUT2D eigenvalue weighted by molar-refractivity contribution is -0.141. The van der Waals surface area contributed by atoms with Crippen molar-refractivity contribution in [3.63, 3.8) is 0 Å². The highest BCUT2D eigenvalue weighted by Gasteiger charge is 2.30. The molecule has 3 N–H and O–H groups in total. The second-order valence-corrected chi connectivity index (χ2v) is 9.17. The van der Waals surface area contributed by atoms with Gasteiger partial charge < -0.3 is 15.7 Å². The van der Waals surface area contributed by atoms with E-state index >= 15 is 0 Å². The van der Waals surface area contributed by atoms with Gasteiger partial charge in [0.2, 0.25) is 5.91 Å². The van der Waals surface area contributed by atoms with Gasteiger partial charge in [0.05, 0.1) is 11.6 Å². The van der Waals surface area contributed by atoms with Crippen LogP contribution in [-0.2, 0) is 16.0 Å². The number of halogens is 1. The van der Waals surface area contributed by atoms with E-state index in [0.29, 0.717) is 12.0 Å². The van der Waals surface area contributed by atoms with Crippen LogP contribution in [0.4, 0.5) is 4.39 Å². The first kappa shape index (κ1) is 25.6. The SMILES string of the molecule is CC(C[C@H](NC(=O)c1ccc(-n2cccn2)cc1)C(=O)NC(C)(C)Cc1ccc(F)cc1)C(=O)O. The Balaban J connectivity index is 1.72. The summed E-state index contributed by atoms with van der Waals surface area (Å²) in [6, 6.07) is 13.4. The third-order valence-electron chi connectivity index (χ3n) is 5.55. The van der Waals surface area contributed by atoms with Crippen molar-refractivity contribution in [3.05, 3.63) is 83.9 Å². The fraction of sp³-hybridized carbons (Fsp3) is 0.308. The number of nitrogens with one attached hydrogen (secondary N) is 2. The minimum Gasteiger partial charge on any atom is -0.481 e. The van der Waals surface area contributed by atoms with Gasteiger partial charge >= 0.3 is 5.97 Å². The zero-order valence-electron chi connectivity index (χ0n) is 19.9. The van der Waals surface area contributed by atoms with Crippen molar-refractivity contribution in [2.45, 2.75) is 45.2 Å². The Kier molecular flexibility index (Phi) is 8.01. The number of amides is 2. The van der Waals surface area contributed by atoms with Crippen LogP contribution in [0.2, 0.25) is 0 Å². The number of nitrogens with zero attached hydrogens (tertiary/aromatic N) is 2. The van der Waals surface area contributed by atoms with Gasteiger partial charge in [-0.3, -0.25) is 14.4 Å². The first-order chi connectivity index (χ1) is 16.5. The van der Waals surface area contributed by atoms with Crippen LogP contribution in [0.5, 0.6) is 0 Å². The fourth-order valence-corrected chi connectivity index (χ4v) is 3.69. The Morgan fingerprint density at radius 2 is 1.74 bits per heavy atom. The van der Waals surface area contributed by atoms with Crippen LogP contribution in [0, 0.1) is 11.7 Å². The zero-order valence-corrected chi connectivity index (χ0v) is 19.9. The van der Waals surface area contributed by atoms with E-state index in [1.165, 1.54) is 19.1 Å². The molecule has 2 amide bonds. The van der Waals surface area contributed by atoms with Crippen LogP contribution in [-0.4, -0.2) is 44.3 Å². The summed E-state index contributed by atoms with van der Waals surface area (Å²) in [6.45, 7) is 5.10. The molecule has 0 saturated carbocycles. The number of aromatic nitrogens is 2. The van der Waals surface area contributed by atoms with Crippen LogP contribution in [0.25, 0.3) is 5.69 Å². The molecular weight excluding hydrogens is 451 g/mol. The lowest BCUT2D eigenvalue weighted by Gasteiger charge is -2.30. The normalized spacial score (nSPS) is 13.0. The maximum atomic E-state index is 13.2. The van der Waals surface area contributed by atoms with Gasteiger partial charge in [0.15, 0.2) is 0 Å². The Hall–Kier alpha value is -4.01. The summed E-state index contributed by atoms with van der Waals surface area (Å²) in [7, 11) is 0. The number of hydrogen-bond donors (Lipinski definition) is 3. The van der Waals surface area contributed by atoms with Crippen LogP contribution < -0.4 is 10.6 Å². The molecule has 9 heteroatoms. The van der Waals surface area contributed by atoms with Crippen molar-refractivity contribution in [1.29, 1.82) is 0 Å². The molecule has 8 nitrogen and oxygen atoms in total. The Bertz CT molecular complexity index is 1160. The summed E-state index contributed by atoms with van der Waals surface area (Å²) < 4.78 is 14.9. The number of carboxylic acids is 1. The van der Waals surface area contributed by atoms with Gasteiger partial charge in [-0.05, 0) is 74.7 Å². The summed E-state index contributed by atoms with van der Waals surface area (Å²) in [5.41, 5.74) is 1.19. The molecule has 35 heavy (non-hydrogen) atoms. The highest BCUT2D eigenvalue weighted by molar-refractivity contribution is 5.98. The summed E-state index contributed by atoms with van der Waals surface area (Å²) in [6.07, 6.45) is 3.76. The molecule has 1 aromatic heterocycles. The van der Waals surface area contributed by atoms with Gasteiger partial charge in [-0.25, -0.2) is 9.07 Å². The molecule has 0 bridgehead atoms. The number of hydrogen-bond acceptors (Lipinski definition) is 4. The van der Waals surface area contributed by atoms with Gasteiger partial charge in [-0.15, -0.1) is 0 Å². The molecule has 0 aliphatic carbocycles. The highest BCUT2D eigenvalue weighted by Crippen LogP contribution is 2.16. The average molecular weight is 481 g/mol. The quantitative estimate of drug-likeness (QED) is 0.412. The van der Waals surface area contributed by atoms with Crippen LogP contribution in [0.3, 0.4) is 0 Å². The Morgan fingerprint density at radius 1 is 1.09 bits per heavy atom. The van der Waals surface area contributed by atoms with Gasteiger partial charge in [0.1, 0.15) is 11.9 Å². The van der Waals surface area contributed by atoms with E-state index in [9.17, 15) is 23.9 Å². The Labute approximate surface area is 203 Å². The van der Waals surface area contributed by atoms with Gasteiger partial charge in [0, 0.05) is 23.5 Å². The van der Waals surface area contributed by atoms with E-state index in [2.05, 4.69) is 15.7 Å². The predicted molar refractivity (Wildman–Crippen MR) is 129 cm³/mol. The topological polar surface area (TPSA) is 113 Å². The molecule has 1 unspecified atom stereocenters. The number of carbonyl (C=O) groups is 3. The molecule has 0 aliphatic rings. The van der Waals surface area contributed by atoms with E-state index in [-0.39, 0.29) is 12.2 Å². The summed E-state index contributed by atoms with van der Waals surface area (Å²) in [5.74, 6) is -3.25. The van der Waals surface area contributed by atoms with Gasteiger partial charge in [-0.1, -0.05) is 19.1 Å². The number of carbonyl (C=O) groups excluding carboxylic acids is 2. The first-order valence-electron chi connectivity index (χ1n) is 11.2. The fourth-order valence-electron chi connectivity index (χ4n) is 3.69. The molecule has 0 radical (unpaired) electrons. The summed E-state index contributed by atoms with van der Waals surface area (Å²) >= 11 is 0. The van der Waals surface area contributed by atoms with E-state index in [1.807, 2.05) is 13.8 Å². The summed E-state index contributed by atoms with van der Waals surface area (Å²) in [4.78, 5) is 37.5. The van der Waals surface area contributed by atoms with E-state index in [1.54, 1.807) is 59.5 Å². The van der Waals surface area contributed by atoms with Gasteiger partial charge in [0.25, 0.3) is 5.91 Å². The number of aliphatic carboxylic acids is 1. The van der Waals surface area contributed by atoms with Crippen molar-refractivity contribution in [2.24, 2.45) is 5.92 Å².